The number of carbonyl (C=O) groups is 1. The first-order chi connectivity index (χ1) is 12.2. The van der Waals surface area contributed by atoms with Crippen molar-refractivity contribution in [2.75, 3.05) is 13.7 Å². The number of rotatable bonds is 7. The summed E-state index contributed by atoms with van der Waals surface area (Å²) in [6.07, 6.45) is 2.32. The highest BCUT2D eigenvalue weighted by Crippen LogP contribution is 2.20. The maximum absolute atomic E-state index is 12.2. The minimum Gasteiger partial charge on any atom is -0.497 e. The van der Waals surface area contributed by atoms with Gasteiger partial charge in [0.15, 0.2) is 0 Å². The fourth-order valence-corrected chi connectivity index (χ4v) is 2.75. The zero-order valence-corrected chi connectivity index (χ0v) is 14.2. The van der Waals surface area contributed by atoms with E-state index >= 15 is 0 Å². The topological polar surface area (TPSA) is 56.2 Å². The molecule has 5 heteroatoms. The average molecular weight is 335 g/mol. The van der Waals surface area contributed by atoms with Gasteiger partial charge in [0.05, 0.1) is 18.1 Å². The van der Waals surface area contributed by atoms with Crippen LogP contribution in [0.3, 0.4) is 0 Å². The Morgan fingerprint density at radius 3 is 2.72 bits per heavy atom. The molecule has 0 spiro atoms. The molecule has 0 aliphatic rings. The van der Waals surface area contributed by atoms with Crippen molar-refractivity contribution in [1.82, 2.24) is 14.9 Å². The Hall–Kier alpha value is -3.08. The maximum atomic E-state index is 12.2. The lowest BCUT2D eigenvalue weighted by Gasteiger charge is -2.10. The monoisotopic (exact) mass is 335 g/mol. The number of para-hydroxylation sites is 2. The molecule has 128 valence electrons. The van der Waals surface area contributed by atoms with E-state index in [2.05, 4.69) is 11.9 Å². The fraction of sp³-hybridized carbons (Fsp3) is 0.200. The van der Waals surface area contributed by atoms with Gasteiger partial charge in [-0.25, -0.2) is 4.98 Å². The van der Waals surface area contributed by atoms with E-state index in [1.165, 1.54) is 0 Å². The van der Waals surface area contributed by atoms with E-state index < -0.39 is 0 Å². The summed E-state index contributed by atoms with van der Waals surface area (Å²) in [4.78, 5) is 16.9. The summed E-state index contributed by atoms with van der Waals surface area (Å²) in [5.41, 5.74) is 2.96. The third kappa shape index (κ3) is 3.88. The molecule has 1 N–H and O–H groups in total. The number of hydrogen-bond donors (Lipinski definition) is 1. The van der Waals surface area contributed by atoms with Gasteiger partial charge >= 0.3 is 0 Å². The van der Waals surface area contributed by atoms with Gasteiger partial charge < -0.3 is 14.6 Å². The molecule has 3 rings (SSSR count). The van der Waals surface area contributed by atoms with Crippen LogP contribution in [0.2, 0.25) is 0 Å². The van der Waals surface area contributed by atoms with E-state index in [-0.39, 0.29) is 12.5 Å². The van der Waals surface area contributed by atoms with Gasteiger partial charge in [0.2, 0.25) is 5.91 Å². The van der Waals surface area contributed by atoms with Gasteiger partial charge in [-0.3, -0.25) is 4.79 Å². The molecule has 3 aromatic rings. The first-order valence-electron chi connectivity index (χ1n) is 8.16. The van der Waals surface area contributed by atoms with Crippen molar-refractivity contribution in [3.63, 3.8) is 0 Å². The Balaban J connectivity index is 1.91. The summed E-state index contributed by atoms with van der Waals surface area (Å²) >= 11 is 0. The van der Waals surface area contributed by atoms with E-state index in [0.717, 1.165) is 28.2 Å². The van der Waals surface area contributed by atoms with Crippen LogP contribution in [0.25, 0.3) is 11.0 Å². The fourth-order valence-electron chi connectivity index (χ4n) is 2.75. The molecule has 1 aromatic heterocycles. The van der Waals surface area contributed by atoms with E-state index in [1.807, 2.05) is 53.1 Å². The van der Waals surface area contributed by atoms with Crippen molar-refractivity contribution in [2.45, 2.75) is 13.0 Å². The van der Waals surface area contributed by atoms with Gasteiger partial charge in [0.25, 0.3) is 0 Å². The molecule has 0 saturated carbocycles. The highest BCUT2D eigenvalue weighted by Gasteiger charge is 2.13. The summed E-state index contributed by atoms with van der Waals surface area (Å²) in [5.74, 6) is 1.63. The standard InChI is InChI=1S/C20H21N3O2/c1-3-12-21-20(24)14-23-18-7-5-4-6-17(18)22-19(23)13-15-8-10-16(25-2)11-9-15/h3-11H,1,12-14H2,2H3,(H,21,24). The molecule has 1 heterocycles. The molecule has 0 bridgehead atoms. The Bertz CT molecular complexity index is 882. The van der Waals surface area contributed by atoms with E-state index in [9.17, 15) is 4.79 Å². The third-order valence-corrected chi connectivity index (χ3v) is 4.00. The lowest BCUT2D eigenvalue weighted by molar-refractivity contribution is -0.121. The zero-order chi connectivity index (χ0) is 17.6. The molecule has 0 radical (unpaired) electrons. The summed E-state index contributed by atoms with van der Waals surface area (Å²) in [5, 5.41) is 2.82. The predicted octanol–water partition coefficient (Wildman–Crippen LogP) is 2.94. The number of amides is 1. The molecule has 0 atom stereocenters. The first kappa shape index (κ1) is 16.8. The predicted molar refractivity (Wildman–Crippen MR) is 98.7 cm³/mol. The minimum absolute atomic E-state index is 0.0565. The number of imidazole rings is 1. The molecular formula is C20H21N3O2. The van der Waals surface area contributed by atoms with Crippen LogP contribution in [0.15, 0.2) is 61.2 Å². The number of nitrogens with zero attached hydrogens (tertiary/aromatic N) is 2. The van der Waals surface area contributed by atoms with Gasteiger partial charge in [-0.2, -0.15) is 0 Å². The van der Waals surface area contributed by atoms with Gasteiger partial charge in [-0.15, -0.1) is 6.58 Å². The van der Waals surface area contributed by atoms with Crippen molar-refractivity contribution in [2.24, 2.45) is 0 Å². The highest BCUT2D eigenvalue weighted by molar-refractivity contribution is 5.81. The summed E-state index contributed by atoms with van der Waals surface area (Å²) in [6, 6.07) is 15.7. The molecule has 0 fully saturated rings. The zero-order valence-electron chi connectivity index (χ0n) is 14.2. The Kier molecular flexibility index (Phi) is 5.14. The summed E-state index contributed by atoms with van der Waals surface area (Å²) in [7, 11) is 1.65. The molecule has 1 amide bonds. The molecule has 5 nitrogen and oxygen atoms in total. The Morgan fingerprint density at radius 1 is 1.24 bits per heavy atom. The molecular weight excluding hydrogens is 314 g/mol. The second kappa shape index (κ2) is 7.66. The van der Waals surface area contributed by atoms with Gasteiger partial charge in [-0.1, -0.05) is 30.3 Å². The number of benzene rings is 2. The van der Waals surface area contributed by atoms with Crippen LogP contribution >= 0.6 is 0 Å². The van der Waals surface area contributed by atoms with E-state index in [1.54, 1.807) is 13.2 Å². The molecule has 0 aliphatic carbocycles. The van der Waals surface area contributed by atoms with Crippen molar-refractivity contribution in [3.8, 4) is 5.75 Å². The molecule has 25 heavy (non-hydrogen) atoms. The number of methoxy groups -OCH3 is 1. The number of ether oxygens (including phenoxy) is 1. The summed E-state index contributed by atoms with van der Waals surface area (Å²) < 4.78 is 7.17. The van der Waals surface area contributed by atoms with Crippen molar-refractivity contribution in [1.29, 1.82) is 0 Å². The van der Waals surface area contributed by atoms with Crippen LogP contribution in [0.5, 0.6) is 5.75 Å². The van der Waals surface area contributed by atoms with Gasteiger partial charge in [0, 0.05) is 13.0 Å². The van der Waals surface area contributed by atoms with Crippen LogP contribution in [-0.4, -0.2) is 29.1 Å². The Morgan fingerprint density at radius 2 is 2.00 bits per heavy atom. The number of carbonyl (C=O) groups excluding carboxylic acids is 1. The second-order valence-electron chi connectivity index (χ2n) is 5.72. The normalized spacial score (nSPS) is 10.6. The first-order valence-corrected chi connectivity index (χ1v) is 8.16. The summed E-state index contributed by atoms with van der Waals surface area (Å²) in [6.45, 7) is 4.32. The molecule has 0 aliphatic heterocycles. The van der Waals surface area contributed by atoms with Gasteiger partial charge in [0.1, 0.15) is 18.1 Å². The largest absolute Gasteiger partial charge is 0.497 e. The number of aromatic nitrogens is 2. The van der Waals surface area contributed by atoms with Crippen LogP contribution in [0.1, 0.15) is 11.4 Å². The van der Waals surface area contributed by atoms with Crippen molar-refractivity contribution in [3.05, 3.63) is 72.6 Å². The average Bonchev–Trinajstić information content (AvgIpc) is 2.98. The smallest absolute Gasteiger partial charge is 0.240 e. The number of nitrogens with one attached hydrogen (secondary N) is 1. The van der Waals surface area contributed by atoms with Crippen LogP contribution < -0.4 is 10.1 Å². The highest BCUT2D eigenvalue weighted by atomic mass is 16.5. The van der Waals surface area contributed by atoms with Crippen LogP contribution in [0.4, 0.5) is 0 Å². The number of hydrogen-bond acceptors (Lipinski definition) is 3. The number of fused-ring (bicyclic) bond motifs is 1. The maximum Gasteiger partial charge on any atom is 0.240 e. The van der Waals surface area contributed by atoms with Crippen molar-refractivity contribution >= 4 is 16.9 Å². The van der Waals surface area contributed by atoms with Gasteiger partial charge in [-0.05, 0) is 29.8 Å². The SMILES string of the molecule is C=CCNC(=O)Cn1c(Cc2ccc(OC)cc2)nc2ccccc21. The van der Waals surface area contributed by atoms with E-state index in [0.29, 0.717) is 13.0 Å². The van der Waals surface area contributed by atoms with E-state index in [4.69, 9.17) is 9.72 Å². The second-order valence-corrected chi connectivity index (χ2v) is 5.72. The lowest BCUT2D eigenvalue weighted by Crippen LogP contribution is -2.28. The third-order valence-electron chi connectivity index (χ3n) is 4.00. The molecule has 2 aromatic carbocycles. The minimum atomic E-state index is -0.0565. The Labute approximate surface area is 146 Å². The quantitative estimate of drug-likeness (QED) is 0.676. The van der Waals surface area contributed by atoms with Crippen molar-refractivity contribution < 1.29 is 9.53 Å². The van der Waals surface area contributed by atoms with Crippen LogP contribution in [-0.2, 0) is 17.8 Å². The molecule has 0 unspecified atom stereocenters. The van der Waals surface area contributed by atoms with Crippen LogP contribution in [0, 0.1) is 0 Å². The molecule has 0 saturated heterocycles. The lowest BCUT2D eigenvalue weighted by atomic mass is 10.1.